The third-order valence-electron chi connectivity index (χ3n) is 2.73. The monoisotopic (exact) mass is 289 g/mol. The SMILES string of the molecule is CCS(=O)(=O)CCCS(=O)c1ccc(N)c(C)c1. The van der Waals surface area contributed by atoms with Gasteiger partial charge in [-0.3, -0.25) is 4.21 Å². The van der Waals surface area contributed by atoms with Crippen LogP contribution in [0.1, 0.15) is 18.9 Å². The van der Waals surface area contributed by atoms with E-state index >= 15 is 0 Å². The standard InChI is InChI=1S/C12H19NO3S2/c1-3-18(15,16)8-4-7-17(14)11-5-6-12(13)10(2)9-11/h5-6,9H,3-4,7-8,13H2,1-2H3. The molecule has 6 heteroatoms. The lowest BCUT2D eigenvalue weighted by Gasteiger charge is -2.05. The molecule has 1 unspecified atom stereocenters. The number of aryl methyl sites for hydroxylation is 1. The van der Waals surface area contributed by atoms with E-state index in [1.807, 2.05) is 6.92 Å². The fraction of sp³-hybridized carbons (Fsp3) is 0.500. The average Bonchev–Trinajstić information content (AvgIpc) is 2.32. The van der Waals surface area contributed by atoms with Crippen molar-refractivity contribution < 1.29 is 12.6 Å². The summed E-state index contributed by atoms with van der Waals surface area (Å²) in [5.74, 6) is 0.604. The van der Waals surface area contributed by atoms with Crippen LogP contribution in [0.3, 0.4) is 0 Å². The van der Waals surface area contributed by atoms with Gasteiger partial charge in [-0.2, -0.15) is 0 Å². The van der Waals surface area contributed by atoms with Crippen molar-refractivity contribution in [2.75, 3.05) is 23.0 Å². The molecule has 0 saturated heterocycles. The lowest BCUT2D eigenvalue weighted by atomic mass is 10.2. The number of benzene rings is 1. The van der Waals surface area contributed by atoms with Gasteiger partial charge in [0, 0.05) is 22.1 Å². The van der Waals surface area contributed by atoms with Gasteiger partial charge < -0.3 is 5.73 Å². The van der Waals surface area contributed by atoms with E-state index in [0.717, 1.165) is 5.56 Å². The van der Waals surface area contributed by atoms with Crippen LogP contribution in [0.15, 0.2) is 23.1 Å². The van der Waals surface area contributed by atoms with Crippen LogP contribution >= 0.6 is 0 Å². The summed E-state index contributed by atoms with van der Waals surface area (Å²) >= 11 is 0. The van der Waals surface area contributed by atoms with Gasteiger partial charge in [0.15, 0.2) is 0 Å². The first-order valence-electron chi connectivity index (χ1n) is 5.80. The normalized spacial score (nSPS) is 13.4. The Morgan fingerprint density at radius 2 is 2.00 bits per heavy atom. The van der Waals surface area contributed by atoms with E-state index in [2.05, 4.69) is 0 Å². The second-order valence-corrected chi connectivity index (χ2v) is 8.20. The van der Waals surface area contributed by atoms with Crippen LogP contribution in [0, 0.1) is 6.92 Å². The zero-order chi connectivity index (χ0) is 13.8. The molecule has 0 aliphatic carbocycles. The first-order chi connectivity index (χ1) is 8.35. The van der Waals surface area contributed by atoms with Gasteiger partial charge in [0.05, 0.1) is 16.6 Å². The van der Waals surface area contributed by atoms with Gasteiger partial charge in [0.25, 0.3) is 0 Å². The minimum absolute atomic E-state index is 0.100. The molecular formula is C12H19NO3S2. The predicted molar refractivity (Wildman–Crippen MR) is 75.8 cm³/mol. The Balaban J connectivity index is 2.58. The fourth-order valence-electron chi connectivity index (χ4n) is 1.46. The van der Waals surface area contributed by atoms with Crippen LogP contribution in [-0.4, -0.2) is 29.9 Å². The summed E-state index contributed by atoms with van der Waals surface area (Å²) in [6.45, 7) is 3.48. The minimum atomic E-state index is -2.97. The molecule has 4 nitrogen and oxygen atoms in total. The largest absolute Gasteiger partial charge is 0.399 e. The van der Waals surface area contributed by atoms with Crippen molar-refractivity contribution in [1.82, 2.24) is 0 Å². The van der Waals surface area contributed by atoms with E-state index in [-0.39, 0.29) is 11.5 Å². The molecular weight excluding hydrogens is 270 g/mol. The molecule has 0 aliphatic heterocycles. The Morgan fingerprint density at radius 1 is 1.33 bits per heavy atom. The maximum atomic E-state index is 12.0. The van der Waals surface area contributed by atoms with E-state index < -0.39 is 20.6 Å². The van der Waals surface area contributed by atoms with E-state index in [1.54, 1.807) is 25.1 Å². The maximum absolute atomic E-state index is 12.0. The third-order valence-corrected chi connectivity index (χ3v) is 5.96. The van der Waals surface area contributed by atoms with Gasteiger partial charge in [0.2, 0.25) is 0 Å². The quantitative estimate of drug-likeness (QED) is 0.805. The Labute approximate surface area is 111 Å². The molecule has 1 atom stereocenters. The van der Waals surface area contributed by atoms with Gasteiger partial charge in [-0.05, 0) is 37.1 Å². The first kappa shape index (κ1) is 15.2. The highest BCUT2D eigenvalue weighted by Crippen LogP contribution is 2.16. The zero-order valence-corrected chi connectivity index (χ0v) is 12.3. The smallest absolute Gasteiger partial charge is 0.150 e. The molecule has 1 rings (SSSR count). The van der Waals surface area contributed by atoms with E-state index in [4.69, 9.17) is 5.73 Å². The second-order valence-electron chi connectivity index (χ2n) is 4.16. The molecule has 1 aromatic carbocycles. The summed E-state index contributed by atoms with van der Waals surface area (Å²) in [7, 11) is -4.13. The van der Waals surface area contributed by atoms with Gasteiger partial charge >= 0.3 is 0 Å². The summed E-state index contributed by atoms with van der Waals surface area (Å²) in [4.78, 5) is 0.704. The highest BCUT2D eigenvalue weighted by atomic mass is 32.2. The number of hydrogen-bond acceptors (Lipinski definition) is 4. The van der Waals surface area contributed by atoms with Crippen LogP contribution in [0.4, 0.5) is 5.69 Å². The fourth-order valence-corrected chi connectivity index (χ4v) is 3.69. The zero-order valence-electron chi connectivity index (χ0n) is 10.7. The van der Waals surface area contributed by atoms with Crippen LogP contribution in [0.5, 0.6) is 0 Å². The first-order valence-corrected chi connectivity index (χ1v) is 8.94. The van der Waals surface area contributed by atoms with Crippen LogP contribution in [0.25, 0.3) is 0 Å². The Morgan fingerprint density at radius 3 is 2.56 bits per heavy atom. The van der Waals surface area contributed by atoms with Crippen LogP contribution in [0.2, 0.25) is 0 Å². The minimum Gasteiger partial charge on any atom is -0.399 e. The molecule has 0 spiro atoms. The molecule has 0 aliphatic rings. The van der Waals surface area contributed by atoms with E-state index in [9.17, 15) is 12.6 Å². The number of hydrogen-bond donors (Lipinski definition) is 1. The topological polar surface area (TPSA) is 77.2 Å². The van der Waals surface area contributed by atoms with Crippen LogP contribution < -0.4 is 5.73 Å². The Bertz CT molecular complexity index is 538. The summed E-state index contributed by atoms with van der Waals surface area (Å²) in [5.41, 5.74) is 7.25. The van der Waals surface area contributed by atoms with Crippen molar-refractivity contribution in [3.05, 3.63) is 23.8 Å². The molecule has 1 aromatic rings. The van der Waals surface area contributed by atoms with Crippen molar-refractivity contribution in [2.45, 2.75) is 25.2 Å². The van der Waals surface area contributed by atoms with Gasteiger partial charge in [0.1, 0.15) is 9.84 Å². The molecule has 0 saturated carbocycles. The van der Waals surface area contributed by atoms with Gasteiger partial charge in [-0.1, -0.05) is 6.92 Å². The third kappa shape index (κ3) is 4.42. The van der Waals surface area contributed by atoms with E-state index in [1.165, 1.54) is 0 Å². The van der Waals surface area contributed by atoms with Gasteiger partial charge in [-0.15, -0.1) is 0 Å². The summed E-state index contributed by atoms with van der Waals surface area (Å²) in [6.07, 6.45) is 0.423. The predicted octanol–water partition coefficient (Wildman–Crippen LogP) is 1.51. The van der Waals surface area contributed by atoms with Crippen molar-refractivity contribution in [3.63, 3.8) is 0 Å². The van der Waals surface area contributed by atoms with Crippen molar-refractivity contribution in [2.24, 2.45) is 0 Å². The second kappa shape index (κ2) is 6.33. The highest BCUT2D eigenvalue weighted by molar-refractivity contribution is 7.91. The van der Waals surface area contributed by atoms with Gasteiger partial charge in [-0.25, -0.2) is 8.42 Å². The molecule has 102 valence electrons. The molecule has 0 radical (unpaired) electrons. The molecule has 0 heterocycles. The number of anilines is 1. The molecule has 0 amide bonds. The molecule has 2 N–H and O–H groups in total. The number of sulfone groups is 1. The Kier molecular flexibility index (Phi) is 5.34. The molecule has 0 bridgehead atoms. The highest BCUT2D eigenvalue weighted by Gasteiger charge is 2.10. The van der Waals surface area contributed by atoms with Crippen LogP contribution in [-0.2, 0) is 20.6 Å². The molecule has 0 fully saturated rings. The Hall–Kier alpha value is -0.880. The number of nitrogen functional groups attached to an aromatic ring is 1. The van der Waals surface area contributed by atoms with Crippen molar-refractivity contribution >= 4 is 26.3 Å². The maximum Gasteiger partial charge on any atom is 0.150 e. The lowest BCUT2D eigenvalue weighted by molar-refractivity contribution is 0.596. The average molecular weight is 289 g/mol. The van der Waals surface area contributed by atoms with Crippen molar-refractivity contribution in [3.8, 4) is 0 Å². The van der Waals surface area contributed by atoms with Crippen molar-refractivity contribution in [1.29, 1.82) is 0 Å². The summed E-state index contributed by atoms with van der Waals surface area (Å²) < 4.78 is 34.6. The summed E-state index contributed by atoms with van der Waals surface area (Å²) in [5, 5.41) is 0. The molecule has 0 aromatic heterocycles. The molecule has 18 heavy (non-hydrogen) atoms. The summed E-state index contributed by atoms with van der Waals surface area (Å²) in [6, 6.07) is 5.25. The lowest BCUT2D eigenvalue weighted by Crippen LogP contribution is -2.11. The van der Waals surface area contributed by atoms with E-state index in [0.29, 0.717) is 22.8 Å². The number of nitrogens with two attached hydrogens (primary N) is 1. The number of rotatable bonds is 6.